The van der Waals surface area contributed by atoms with E-state index in [1.807, 2.05) is 31.2 Å². The number of para-hydroxylation sites is 1. The van der Waals surface area contributed by atoms with Gasteiger partial charge in [0.25, 0.3) is 21.8 Å². The van der Waals surface area contributed by atoms with Crippen molar-refractivity contribution in [1.82, 2.24) is 0 Å². The number of benzene rings is 4. The van der Waals surface area contributed by atoms with Gasteiger partial charge >= 0.3 is 0 Å². The summed E-state index contributed by atoms with van der Waals surface area (Å²) in [6, 6.07) is 25.9. The van der Waals surface area contributed by atoms with Gasteiger partial charge in [0.1, 0.15) is 0 Å². The van der Waals surface area contributed by atoms with E-state index in [9.17, 15) is 18.0 Å². The molecule has 0 unspecified atom stereocenters. The summed E-state index contributed by atoms with van der Waals surface area (Å²) >= 11 is 0. The fourth-order valence-electron chi connectivity index (χ4n) is 4.12. The number of hydrogen-bond acceptors (Lipinski definition) is 4. The molecule has 0 aliphatic carbocycles. The molecular formula is C32H33N3O4S. The standard InChI is InChI=1S/C32H33N3O4S/c1-21-9-6-7-12-28(21)35-40(38,39)29-19-24(14-13-22(29)2)31(37)34-27-11-8-10-26(20-27)33-30(36)23-15-17-25(18-16-23)32(3,4)5/h6-20,35H,1-5H3,(H,33,36)(H,34,37). The number of amides is 2. The molecule has 40 heavy (non-hydrogen) atoms. The topological polar surface area (TPSA) is 104 Å². The van der Waals surface area contributed by atoms with Gasteiger partial charge in [-0.25, -0.2) is 8.42 Å². The lowest BCUT2D eigenvalue weighted by Gasteiger charge is -2.19. The molecule has 3 N–H and O–H groups in total. The maximum Gasteiger partial charge on any atom is 0.262 e. The average Bonchev–Trinajstić information content (AvgIpc) is 2.90. The van der Waals surface area contributed by atoms with Gasteiger partial charge in [-0.15, -0.1) is 0 Å². The van der Waals surface area contributed by atoms with Crippen LogP contribution in [0.3, 0.4) is 0 Å². The molecule has 0 radical (unpaired) electrons. The van der Waals surface area contributed by atoms with Crippen LogP contribution in [0.2, 0.25) is 0 Å². The second kappa shape index (κ2) is 11.4. The highest BCUT2D eigenvalue weighted by Crippen LogP contribution is 2.25. The molecule has 0 saturated heterocycles. The first-order valence-corrected chi connectivity index (χ1v) is 14.3. The lowest BCUT2D eigenvalue weighted by Crippen LogP contribution is -2.18. The van der Waals surface area contributed by atoms with Crippen molar-refractivity contribution in [2.75, 3.05) is 15.4 Å². The predicted octanol–water partition coefficient (Wildman–Crippen LogP) is 6.91. The van der Waals surface area contributed by atoms with E-state index in [1.165, 1.54) is 6.07 Å². The van der Waals surface area contributed by atoms with Crippen LogP contribution in [-0.2, 0) is 15.4 Å². The van der Waals surface area contributed by atoms with E-state index in [4.69, 9.17) is 0 Å². The summed E-state index contributed by atoms with van der Waals surface area (Å²) in [4.78, 5) is 25.9. The Hall–Kier alpha value is -4.43. The molecule has 4 rings (SSSR count). The Morgan fingerprint density at radius 2 is 1.23 bits per heavy atom. The zero-order valence-electron chi connectivity index (χ0n) is 23.2. The van der Waals surface area contributed by atoms with E-state index in [1.54, 1.807) is 67.6 Å². The van der Waals surface area contributed by atoms with Crippen molar-refractivity contribution in [2.24, 2.45) is 0 Å². The third-order valence-electron chi connectivity index (χ3n) is 6.52. The minimum Gasteiger partial charge on any atom is -0.322 e. The molecular weight excluding hydrogens is 522 g/mol. The molecule has 0 spiro atoms. The number of hydrogen-bond donors (Lipinski definition) is 3. The van der Waals surface area contributed by atoms with Crippen molar-refractivity contribution in [2.45, 2.75) is 44.9 Å². The third kappa shape index (κ3) is 6.76. The van der Waals surface area contributed by atoms with Crippen molar-refractivity contribution in [3.8, 4) is 0 Å². The van der Waals surface area contributed by atoms with E-state index < -0.39 is 15.9 Å². The first-order chi connectivity index (χ1) is 18.8. The molecule has 206 valence electrons. The molecule has 8 heteroatoms. The van der Waals surface area contributed by atoms with Crippen molar-refractivity contribution in [1.29, 1.82) is 0 Å². The quantitative estimate of drug-likeness (QED) is 0.231. The maximum absolute atomic E-state index is 13.2. The van der Waals surface area contributed by atoms with E-state index >= 15 is 0 Å². The van der Waals surface area contributed by atoms with Gasteiger partial charge in [-0.3, -0.25) is 14.3 Å². The zero-order chi connectivity index (χ0) is 29.1. The monoisotopic (exact) mass is 555 g/mol. The fraction of sp³-hybridized carbons (Fsp3) is 0.188. The number of anilines is 3. The lowest BCUT2D eigenvalue weighted by molar-refractivity contribution is 0.101. The third-order valence-corrected chi connectivity index (χ3v) is 8.03. The van der Waals surface area contributed by atoms with Gasteiger partial charge in [-0.1, -0.05) is 63.2 Å². The summed E-state index contributed by atoms with van der Waals surface area (Å²) in [5, 5.41) is 5.64. The maximum atomic E-state index is 13.2. The van der Waals surface area contributed by atoms with E-state index in [-0.39, 0.29) is 21.8 Å². The second-order valence-corrected chi connectivity index (χ2v) is 12.4. The molecule has 2 amide bonds. The van der Waals surface area contributed by atoms with Crippen LogP contribution in [-0.4, -0.2) is 20.2 Å². The van der Waals surface area contributed by atoms with Gasteiger partial charge in [0, 0.05) is 22.5 Å². The molecule has 0 aliphatic heterocycles. The van der Waals surface area contributed by atoms with Gasteiger partial charge in [0.2, 0.25) is 0 Å². The average molecular weight is 556 g/mol. The van der Waals surface area contributed by atoms with Crippen LogP contribution in [0.4, 0.5) is 17.1 Å². The number of nitrogens with one attached hydrogen (secondary N) is 3. The minimum atomic E-state index is -3.93. The predicted molar refractivity (Wildman–Crippen MR) is 161 cm³/mol. The van der Waals surface area contributed by atoms with E-state index in [0.29, 0.717) is 28.2 Å². The summed E-state index contributed by atoms with van der Waals surface area (Å²) < 4.78 is 28.9. The molecule has 4 aromatic rings. The molecule has 0 aliphatic rings. The molecule has 0 atom stereocenters. The van der Waals surface area contributed by atoms with Crippen molar-refractivity contribution < 1.29 is 18.0 Å². The molecule has 0 bridgehead atoms. The Kier molecular flexibility index (Phi) is 8.11. The Bertz CT molecular complexity index is 1670. The summed E-state index contributed by atoms with van der Waals surface area (Å²) in [7, 11) is -3.93. The lowest BCUT2D eigenvalue weighted by atomic mass is 9.87. The van der Waals surface area contributed by atoms with Crippen LogP contribution >= 0.6 is 0 Å². The van der Waals surface area contributed by atoms with Crippen molar-refractivity contribution in [3.05, 3.63) is 119 Å². The summed E-state index contributed by atoms with van der Waals surface area (Å²) in [6.07, 6.45) is 0. The first kappa shape index (κ1) is 28.6. The van der Waals surface area contributed by atoms with E-state index in [0.717, 1.165) is 11.1 Å². The van der Waals surface area contributed by atoms with Gasteiger partial charge in [0.05, 0.1) is 10.6 Å². The molecule has 0 heterocycles. The molecule has 7 nitrogen and oxygen atoms in total. The van der Waals surface area contributed by atoms with Crippen LogP contribution in [0.15, 0.2) is 95.9 Å². The van der Waals surface area contributed by atoms with Crippen molar-refractivity contribution >= 4 is 38.9 Å². The van der Waals surface area contributed by atoms with Gasteiger partial charge in [0.15, 0.2) is 0 Å². The Morgan fingerprint density at radius 3 is 1.82 bits per heavy atom. The van der Waals surface area contributed by atoms with E-state index in [2.05, 4.69) is 36.1 Å². The summed E-state index contributed by atoms with van der Waals surface area (Å²) in [6.45, 7) is 9.83. The number of rotatable bonds is 7. The largest absolute Gasteiger partial charge is 0.322 e. The fourth-order valence-corrected chi connectivity index (χ4v) is 5.52. The molecule has 0 saturated carbocycles. The smallest absolute Gasteiger partial charge is 0.262 e. The SMILES string of the molecule is Cc1ccccc1NS(=O)(=O)c1cc(C(=O)Nc2cccc(NC(=O)c3ccc(C(C)(C)C)cc3)c2)ccc1C. The highest BCUT2D eigenvalue weighted by molar-refractivity contribution is 7.92. The molecule has 0 aromatic heterocycles. The number of aryl methyl sites for hydroxylation is 2. The summed E-state index contributed by atoms with van der Waals surface area (Å²) in [5.74, 6) is -0.743. The van der Waals surface area contributed by atoms with Gasteiger partial charge in [-0.2, -0.15) is 0 Å². The van der Waals surface area contributed by atoms with Crippen LogP contribution < -0.4 is 15.4 Å². The van der Waals surface area contributed by atoms with Crippen molar-refractivity contribution in [3.63, 3.8) is 0 Å². The number of carbonyl (C=O) groups excluding carboxylic acids is 2. The minimum absolute atomic E-state index is 0.0125. The number of sulfonamides is 1. The van der Waals surface area contributed by atoms with Gasteiger partial charge in [-0.05, 0) is 84.5 Å². The Labute approximate surface area is 235 Å². The first-order valence-electron chi connectivity index (χ1n) is 12.9. The van der Waals surface area contributed by atoms with Crippen LogP contribution in [0, 0.1) is 13.8 Å². The molecule has 4 aromatic carbocycles. The highest BCUT2D eigenvalue weighted by Gasteiger charge is 2.20. The number of carbonyl (C=O) groups is 2. The Balaban J connectivity index is 1.48. The highest BCUT2D eigenvalue weighted by atomic mass is 32.2. The van der Waals surface area contributed by atoms with Crippen LogP contribution in [0.5, 0.6) is 0 Å². The normalized spacial score (nSPS) is 11.5. The zero-order valence-corrected chi connectivity index (χ0v) is 24.0. The second-order valence-electron chi connectivity index (χ2n) is 10.7. The van der Waals surface area contributed by atoms with Crippen LogP contribution in [0.1, 0.15) is 58.2 Å². The molecule has 0 fully saturated rings. The summed E-state index contributed by atoms with van der Waals surface area (Å²) in [5.41, 5.74) is 4.56. The Morgan fingerprint density at radius 1 is 0.650 bits per heavy atom. The van der Waals surface area contributed by atoms with Gasteiger partial charge < -0.3 is 10.6 Å². The van der Waals surface area contributed by atoms with Crippen LogP contribution in [0.25, 0.3) is 0 Å².